The van der Waals surface area contributed by atoms with Crippen LogP contribution in [0.5, 0.6) is 0 Å². The lowest BCUT2D eigenvalue weighted by Crippen LogP contribution is -2.35. The molecule has 2 aromatic rings. The number of hydrogen-bond donors (Lipinski definition) is 0. The van der Waals surface area contributed by atoms with Crippen LogP contribution in [0.3, 0.4) is 0 Å². The quantitative estimate of drug-likeness (QED) is 0.856. The number of carbonyl (C=O) groups is 1. The molecular formula is C17H25N5O2. The zero-order chi connectivity index (χ0) is 17.1. The lowest BCUT2D eigenvalue weighted by Gasteiger charge is -2.21. The zero-order valence-electron chi connectivity index (χ0n) is 14.6. The lowest BCUT2D eigenvalue weighted by molar-refractivity contribution is 0.0753. The third-order valence-electron chi connectivity index (χ3n) is 4.36. The van der Waals surface area contributed by atoms with E-state index in [0.717, 1.165) is 32.6 Å². The van der Waals surface area contributed by atoms with Gasteiger partial charge in [0.1, 0.15) is 5.76 Å². The topological polar surface area (TPSA) is 67.4 Å². The monoisotopic (exact) mass is 331 g/mol. The third kappa shape index (κ3) is 3.67. The summed E-state index contributed by atoms with van der Waals surface area (Å²) in [5, 5.41) is 4.22. The molecule has 0 radical (unpaired) electrons. The van der Waals surface area contributed by atoms with E-state index in [1.54, 1.807) is 0 Å². The summed E-state index contributed by atoms with van der Waals surface area (Å²) in [6, 6.07) is 0. The molecule has 3 heterocycles. The molecule has 0 N–H and O–H groups in total. The molecular weight excluding hydrogens is 306 g/mol. The van der Waals surface area contributed by atoms with Crippen molar-refractivity contribution in [2.24, 2.45) is 7.05 Å². The smallest absolute Gasteiger partial charge is 0.276 e. The van der Waals surface area contributed by atoms with Crippen molar-refractivity contribution in [2.45, 2.75) is 32.7 Å². The van der Waals surface area contributed by atoms with E-state index < -0.39 is 0 Å². The van der Waals surface area contributed by atoms with Crippen LogP contribution >= 0.6 is 0 Å². The maximum absolute atomic E-state index is 12.8. The largest absolute Gasteiger partial charge is 0.447 e. The Balaban J connectivity index is 1.62. The van der Waals surface area contributed by atoms with Crippen LogP contribution in [-0.4, -0.2) is 56.7 Å². The van der Waals surface area contributed by atoms with E-state index in [0.29, 0.717) is 18.0 Å². The van der Waals surface area contributed by atoms with Gasteiger partial charge < -0.3 is 9.32 Å². The van der Waals surface area contributed by atoms with Crippen molar-refractivity contribution in [3.8, 4) is 0 Å². The molecule has 0 atom stereocenters. The minimum atomic E-state index is -0.0179. The van der Waals surface area contributed by atoms with E-state index in [1.807, 2.05) is 42.9 Å². The van der Waals surface area contributed by atoms with E-state index in [-0.39, 0.29) is 11.8 Å². The average molecular weight is 331 g/mol. The number of hydrogen-bond acceptors (Lipinski definition) is 5. The van der Waals surface area contributed by atoms with Gasteiger partial charge in [-0.25, -0.2) is 4.98 Å². The number of aromatic nitrogens is 3. The SMILES string of the molecule is CC(C)c1ocnc1C(=O)N1CCCN(Cc2cnn(C)c2)CC1. The van der Waals surface area contributed by atoms with Crippen LogP contribution in [0.15, 0.2) is 23.2 Å². The summed E-state index contributed by atoms with van der Waals surface area (Å²) in [6.45, 7) is 8.20. The standard InChI is InChI=1S/C17H25N5O2/c1-13(2)16-15(18-12-24-16)17(23)22-6-4-5-21(7-8-22)11-14-9-19-20(3)10-14/h9-10,12-13H,4-8,11H2,1-3H3. The van der Waals surface area contributed by atoms with Gasteiger partial charge in [-0.2, -0.15) is 5.10 Å². The summed E-state index contributed by atoms with van der Waals surface area (Å²) in [5.41, 5.74) is 1.67. The van der Waals surface area contributed by atoms with Crippen molar-refractivity contribution in [1.82, 2.24) is 24.6 Å². The normalized spacial score (nSPS) is 16.6. The van der Waals surface area contributed by atoms with Gasteiger partial charge in [0.05, 0.1) is 6.20 Å². The van der Waals surface area contributed by atoms with Crippen molar-refractivity contribution < 1.29 is 9.21 Å². The number of amides is 1. The Kier molecular flexibility index (Phi) is 4.99. The summed E-state index contributed by atoms with van der Waals surface area (Å²) in [7, 11) is 1.93. The first-order chi connectivity index (χ1) is 11.5. The van der Waals surface area contributed by atoms with Crippen LogP contribution in [-0.2, 0) is 13.6 Å². The molecule has 0 aromatic carbocycles. The fourth-order valence-electron chi connectivity index (χ4n) is 3.12. The van der Waals surface area contributed by atoms with Gasteiger partial charge in [0, 0.05) is 57.4 Å². The van der Waals surface area contributed by atoms with E-state index >= 15 is 0 Å². The van der Waals surface area contributed by atoms with Gasteiger partial charge in [0.25, 0.3) is 5.91 Å². The highest BCUT2D eigenvalue weighted by Crippen LogP contribution is 2.20. The first-order valence-electron chi connectivity index (χ1n) is 8.47. The second-order valence-electron chi connectivity index (χ2n) is 6.66. The van der Waals surface area contributed by atoms with Gasteiger partial charge in [0.15, 0.2) is 12.1 Å². The fourth-order valence-corrected chi connectivity index (χ4v) is 3.12. The highest BCUT2D eigenvalue weighted by molar-refractivity contribution is 5.93. The van der Waals surface area contributed by atoms with Crippen molar-refractivity contribution in [2.75, 3.05) is 26.2 Å². The molecule has 0 unspecified atom stereocenters. The van der Waals surface area contributed by atoms with Gasteiger partial charge in [-0.1, -0.05) is 13.8 Å². The molecule has 0 saturated carbocycles. The van der Waals surface area contributed by atoms with Crippen molar-refractivity contribution in [1.29, 1.82) is 0 Å². The Hall–Kier alpha value is -2.15. The summed E-state index contributed by atoms with van der Waals surface area (Å²) < 4.78 is 7.21. The lowest BCUT2D eigenvalue weighted by atomic mass is 10.1. The summed E-state index contributed by atoms with van der Waals surface area (Å²) in [5.74, 6) is 0.813. The highest BCUT2D eigenvalue weighted by atomic mass is 16.3. The molecule has 1 fully saturated rings. The Morgan fingerprint density at radius 2 is 2.12 bits per heavy atom. The molecule has 7 nitrogen and oxygen atoms in total. The van der Waals surface area contributed by atoms with Crippen LogP contribution in [0, 0.1) is 0 Å². The molecule has 130 valence electrons. The zero-order valence-corrected chi connectivity index (χ0v) is 14.6. The third-order valence-corrected chi connectivity index (χ3v) is 4.36. The average Bonchev–Trinajstić information content (AvgIpc) is 3.12. The number of rotatable bonds is 4. The second-order valence-corrected chi connectivity index (χ2v) is 6.66. The molecule has 1 saturated heterocycles. The van der Waals surface area contributed by atoms with Crippen LogP contribution in [0.2, 0.25) is 0 Å². The molecule has 1 aliphatic rings. The summed E-state index contributed by atoms with van der Waals surface area (Å²) in [4.78, 5) is 21.2. The number of oxazole rings is 1. The second kappa shape index (κ2) is 7.17. The predicted molar refractivity (Wildman–Crippen MR) is 89.6 cm³/mol. The first kappa shape index (κ1) is 16.7. The summed E-state index contributed by atoms with van der Waals surface area (Å²) >= 11 is 0. The Bertz CT molecular complexity index is 691. The minimum Gasteiger partial charge on any atom is -0.447 e. The number of aryl methyl sites for hydroxylation is 1. The van der Waals surface area contributed by atoms with E-state index in [1.165, 1.54) is 12.0 Å². The molecule has 0 aliphatic carbocycles. The molecule has 24 heavy (non-hydrogen) atoms. The molecule has 7 heteroatoms. The Morgan fingerprint density at radius 1 is 1.29 bits per heavy atom. The van der Waals surface area contributed by atoms with Gasteiger partial charge >= 0.3 is 0 Å². The maximum atomic E-state index is 12.8. The predicted octanol–water partition coefficient (Wildman–Crippen LogP) is 1.88. The molecule has 2 aromatic heterocycles. The molecule has 1 amide bonds. The molecule has 0 spiro atoms. The fraction of sp³-hybridized carbons (Fsp3) is 0.588. The van der Waals surface area contributed by atoms with Gasteiger partial charge in [-0.05, 0) is 6.42 Å². The van der Waals surface area contributed by atoms with Crippen molar-refractivity contribution in [3.05, 3.63) is 35.8 Å². The van der Waals surface area contributed by atoms with Crippen LogP contribution in [0.1, 0.15) is 48.0 Å². The minimum absolute atomic E-state index is 0.0179. The van der Waals surface area contributed by atoms with Gasteiger partial charge in [0.2, 0.25) is 0 Å². The van der Waals surface area contributed by atoms with E-state index in [9.17, 15) is 4.79 Å². The Morgan fingerprint density at radius 3 is 2.83 bits per heavy atom. The molecule has 0 bridgehead atoms. The number of carbonyl (C=O) groups excluding carboxylic acids is 1. The van der Waals surface area contributed by atoms with Crippen LogP contribution in [0.4, 0.5) is 0 Å². The van der Waals surface area contributed by atoms with E-state index in [2.05, 4.69) is 15.0 Å². The van der Waals surface area contributed by atoms with Crippen molar-refractivity contribution in [3.63, 3.8) is 0 Å². The Labute approximate surface area is 142 Å². The maximum Gasteiger partial charge on any atom is 0.276 e. The number of nitrogens with zero attached hydrogens (tertiary/aromatic N) is 5. The summed E-state index contributed by atoms with van der Waals surface area (Å²) in [6.07, 6.45) is 6.27. The van der Waals surface area contributed by atoms with Gasteiger partial charge in [-0.3, -0.25) is 14.4 Å². The van der Waals surface area contributed by atoms with E-state index in [4.69, 9.17) is 4.42 Å². The molecule has 3 rings (SSSR count). The highest BCUT2D eigenvalue weighted by Gasteiger charge is 2.26. The van der Waals surface area contributed by atoms with Crippen LogP contribution < -0.4 is 0 Å². The molecule has 1 aliphatic heterocycles. The van der Waals surface area contributed by atoms with Crippen LogP contribution in [0.25, 0.3) is 0 Å². The van der Waals surface area contributed by atoms with Crippen molar-refractivity contribution >= 4 is 5.91 Å². The first-order valence-corrected chi connectivity index (χ1v) is 8.47. The van der Waals surface area contributed by atoms with Gasteiger partial charge in [-0.15, -0.1) is 0 Å².